The molecule has 0 saturated carbocycles. The second-order valence-corrected chi connectivity index (χ2v) is 7.69. The van der Waals surface area contributed by atoms with Crippen LogP contribution in [0.1, 0.15) is 32.3 Å². The standard InChI is InChI=1S/C21H25N5O2S/c1-5-26-20(18-12-17(28-4)10-11-22-18)24-25-21(26)29-13-19(27)23-16-8-6-15(7-9-16)14(2)3/h6-12,14H,5,13H2,1-4H3,(H,23,27). The van der Waals surface area contributed by atoms with Crippen LogP contribution in [-0.2, 0) is 11.3 Å². The molecule has 0 fully saturated rings. The Morgan fingerprint density at radius 3 is 2.62 bits per heavy atom. The molecule has 2 aromatic heterocycles. The average Bonchev–Trinajstić information content (AvgIpc) is 3.15. The summed E-state index contributed by atoms with van der Waals surface area (Å²) >= 11 is 1.35. The Labute approximate surface area is 174 Å². The number of thioether (sulfide) groups is 1. The van der Waals surface area contributed by atoms with Gasteiger partial charge in [0.15, 0.2) is 11.0 Å². The quantitative estimate of drug-likeness (QED) is 0.559. The smallest absolute Gasteiger partial charge is 0.234 e. The van der Waals surface area contributed by atoms with E-state index in [4.69, 9.17) is 4.74 Å². The van der Waals surface area contributed by atoms with Crippen molar-refractivity contribution < 1.29 is 9.53 Å². The molecule has 152 valence electrons. The third-order valence-corrected chi connectivity index (χ3v) is 5.39. The third-order valence-electron chi connectivity index (χ3n) is 4.42. The van der Waals surface area contributed by atoms with Crippen LogP contribution in [0.4, 0.5) is 5.69 Å². The summed E-state index contributed by atoms with van der Waals surface area (Å²) in [5, 5.41) is 12.1. The Hall–Kier alpha value is -2.87. The van der Waals surface area contributed by atoms with Crippen molar-refractivity contribution in [1.82, 2.24) is 19.7 Å². The number of methoxy groups -OCH3 is 1. The van der Waals surface area contributed by atoms with Gasteiger partial charge in [0.1, 0.15) is 11.4 Å². The summed E-state index contributed by atoms with van der Waals surface area (Å²) in [5.41, 5.74) is 2.71. The van der Waals surface area contributed by atoms with E-state index < -0.39 is 0 Å². The Bertz CT molecular complexity index is 969. The summed E-state index contributed by atoms with van der Waals surface area (Å²) in [6, 6.07) is 11.5. The second kappa shape index (κ2) is 9.56. The van der Waals surface area contributed by atoms with Gasteiger partial charge in [0.25, 0.3) is 0 Å². The minimum absolute atomic E-state index is 0.0843. The molecule has 0 aliphatic carbocycles. The van der Waals surface area contributed by atoms with E-state index in [9.17, 15) is 4.79 Å². The van der Waals surface area contributed by atoms with Gasteiger partial charge in [0.2, 0.25) is 5.91 Å². The molecule has 0 aliphatic rings. The van der Waals surface area contributed by atoms with Gasteiger partial charge in [-0.3, -0.25) is 9.78 Å². The highest BCUT2D eigenvalue weighted by molar-refractivity contribution is 7.99. The van der Waals surface area contributed by atoms with Crippen LogP contribution in [-0.4, -0.2) is 38.5 Å². The van der Waals surface area contributed by atoms with Crippen LogP contribution in [0.2, 0.25) is 0 Å². The molecular formula is C21H25N5O2S. The molecule has 0 bridgehead atoms. The number of hydrogen-bond donors (Lipinski definition) is 1. The SMILES string of the molecule is CCn1c(SCC(=O)Nc2ccc(C(C)C)cc2)nnc1-c1cc(OC)ccn1. The molecule has 0 radical (unpaired) electrons. The highest BCUT2D eigenvalue weighted by Gasteiger charge is 2.16. The summed E-state index contributed by atoms with van der Waals surface area (Å²) in [6.07, 6.45) is 1.67. The minimum Gasteiger partial charge on any atom is -0.497 e. The molecule has 7 nitrogen and oxygen atoms in total. The number of carbonyl (C=O) groups excluding carboxylic acids is 1. The van der Waals surface area contributed by atoms with Gasteiger partial charge in [-0.2, -0.15) is 0 Å². The maximum atomic E-state index is 12.3. The van der Waals surface area contributed by atoms with Gasteiger partial charge in [0, 0.05) is 24.5 Å². The van der Waals surface area contributed by atoms with Crippen LogP contribution in [0.15, 0.2) is 47.8 Å². The van der Waals surface area contributed by atoms with Crippen molar-refractivity contribution >= 4 is 23.4 Å². The fourth-order valence-corrected chi connectivity index (χ4v) is 3.61. The molecule has 3 rings (SSSR count). The summed E-state index contributed by atoms with van der Waals surface area (Å²) in [4.78, 5) is 16.7. The number of nitrogens with one attached hydrogen (secondary N) is 1. The molecule has 0 unspecified atom stereocenters. The number of nitrogens with zero attached hydrogens (tertiary/aromatic N) is 4. The van der Waals surface area contributed by atoms with Crippen LogP contribution in [0.25, 0.3) is 11.5 Å². The van der Waals surface area contributed by atoms with Crippen LogP contribution in [0, 0.1) is 0 Å². The topological polar surface area (TPSA) is 81.9 Å². The Balaban J connectivity index is 1.66. The maximum absolute atomic E-state index is 12.3. The zero-order valence-electron chi connectivity index (χ0n) is 17.0. The monoisotopic (exact) mass is 411 g/mol. The lowest BCUT2D eigenvalue weighted by molar-refractivity contribution is -0.113. The second-order valence-electron chi connectivity index (χ2n) is 6.74. The zero-order chi connectivity index (χ0) is 20.8. The van der Waals surface area contributed by atoms with Crippen molar-refractivity contribution in [2.45, 2.75) is 38.4 Å². The number of anilines is 1. The molecule has 1 amide bonds. The number of amides is 1. The molecule has 0 saturated heterocycles. The summed E-state index contributed by atoms with van der Waals surface area (Å²) in [5.74, 6) is 1.98. The molecule has 0 aliphatic heterocycles. The lowest BCUT2D eigenvalue weighted by Gasteiger charge is -2.09. The molecule has 29 heavy (non-hydrogen) atoms. The van der Waals surface area contributed by atoms with Gasteiger partial charge in [-0.25, -0.2) is 0 Å². The van der Waals surface area contributed by atoms with Crippen molar-refractivity contribution in [3.05, 3.63) is 48.2 Å². The predicted octanol–water partition coefficient (Wildman–Crippen LogP) is 4.22. The van der Waals surface area contributed by atoms with E-state index in [1.807, 2.05) is 41.8 Å². The summed E-state index contributed by atoms with van der Waals surface area (Å²) < 4.78 is 7.20. The van der Waals surface area contributed by atoms with Crippen LogP contribution >= 0.6 is 11.8 Å². The lowest BCUT2D eigenvalue weighted by Crippen LogP contribution is -2.14. The number of carbonyl (C=O) groups is 1. The van der Waals surface area contributed by atoms with E-state index in [1.165, 1.54) is 17.3 Å². The number of pyridine rings is 1. The molecule has 2 heterocycles. The number of benzene rings is 1. The van der Waals surface area contributed by atoms with E-state index in [2.05, 4.69) is 34.3 Å². The highest BCUT2D eigenvalue weighted by atomic mass is 32.2. The Kier molecular flexibility index (Phi) is 6.87. The molecule has 1 aromatic carbocycles. The van der Waals surface area contributed by atoms with Crippen molar-refractivity contribution in [3.8, 4) is 17.3 Å². The van der Waals surface area contributed by atoms with Crippen molar-refractivity contribution in [1.29, 1.82) is 0 Å². The van der Waals surface area contributed by atoms with Gasteiger partial charge in [-0.15, -0.1) is 10.2 Å². The number of hydrogen-bond acceptors (Lipinski definition) is 6. The van der Waals surface area contributed by atoms with Gasteiger partial charge < -0.3 is 14.6 Å². The molecule has 8 heteroatoms. The van der Waals surface area contributed by atoms with Crippen molar-refractivity contribution in [2.24, 2.45) is 0 Å². The van der Waals surface area contributed by atoms with Gasteiger partial charge in [0.05, 0.1) is 12.9 Å². The largest absolute Gasteiger partial charge is 0.497 e. The van der Waals surface area contributed by atoms with Crippen LogP contribution in [0.3, 0.4) is 0 Å². The normalized spacial score (nSPS) is 10.9. The molecule has 1 N–H and O–H groups in total. The first-order valence-electron chi connectivity index (χ1n) is 9.48. The first-order valence-corrected chi connectivity index (χ1v) is 10.5. The van der Waals surface area contributed by atoms with E-state index >= 15 is 0 Å². The summed E-state index contributed by atoms with van der Waals surface area (Å²) in [7, 11) is 1.61. The lowest BCUT2D eigenvalue weighted by atomic mass is 10.0. The Morgan fingerprint density at radius 1 is 1.21 bits per heavy atom. The third kappa shape index (κ3) is 5.14. The molecular weight excluding hydrogens is 386 g/mol. The van der Waals surface area contributed by atoms with Crippen LogP contribution < -0.4 is 10.1 Å². The zero-order valence-corrected chi connectivity index (χ0v) is 17.9. The average molecular weight is 412 g/mol. The first-order chi connectivity index (χ1) is 14.0. The first kappa shape index (κ1) is 20.9. The molecule has 0 spiro atoms. The van der Waals surface area contributed by atoms with Gasteiger partial charge >= 0.3 is 0 Å². The van der Waals surface area contributed by atoms with Crippen molar-refractivity contribution in [3.63, 3.8) is 0 Å². The Morgan fingerprint density at radius 2 is 1.97 bits per heavy atom. The maximum Gasteiger partial charge on any atom is 0.234 e. The van der Waals surface area contributed by atoms with Crippen molar-refractivity contribution in [2.75, 3.05) is 18.2 Å². The van der Waals surface area contributed by atoms with Gasteiger partial charge in [-0.05, 0) is 36.6 Å². The van der Waals surface area contributed by atoms with E-state index in [1.54, 1.807) is 19.4 Å². The minimum atomic E-state index is -0.0843. The number of ether oxygens (including phenoxy) is 1. The van der Waals surface area contributed by atoms with Gasteiger partial charge in [-0.1, -0.05) is 37.7 Å². The fraction of sp³-hybridized carbons (Fsp3) is 0.333. The summed E-state index contributed by atoms with van der Waals surface area (Å²) in [6.45, 7) is 6.96. The van der Waals surface area contributed by atoms with Crippen LogP contribution in [0.5, 0.6) is 5.75 Å². The predicted molar refractivity (Wildman–Crippen MR) is 115 cm³/mol. The van der Waals surface area contributed by atoms with E-state index in [0.29, 0.717) is 34.9 Å². The fourth-order valence-electron chi connectivity index (χ4n) is 2.81. The highest BCUT2D eigenvalue weighted by Crippen LogP contribution is 2.25. The molecule has 3 aromatic rings. The number of aromatic nitrogens is 4. The van der Waals surface area contributed by atoms with E-state index in [-0.39, 0.29) is 11.7 Å². The van der Waals surface area contributed by atoms with E-state index in [0.717, 1.165) is 5.69 Å². The number of rotatable bonds is 8. The molecule has 0 atom stereocenters.